The van der Waals surface area contributed by atoms with Crippen LogP contribution < -0.4 is 0 Å². The zero-order valence-corrected chi connectivity index (χ0v) is 14.0. The number of rotatable bonds is 4. The molecule has 1 fully saturated rings. The van der Waals surface area contributed by atoms with Crippen LogP contribution in [0.15, 0.2) is 24.3 Å². The first-order chi connectivity index (χ1) is 10.0. The van der Waals surface area contributed by atoms with Crippen molar-refractivity contribution in [1.29, 1.82) is 0 Å². The predicted octanol–water partition coefficient (Wildman–Crippen LogP) is 3.36. The molecule has 21 heavy (non-hydrogen) atoms. The second-order valence-corrected chi connectivity index (χ2v) is 7.15. The molecule has 1 heterocycles. The van der Waals surface area contributed by atoms with E-state index in [1.165, 1.54) is 0 Å². The van der Waals surface area contributed by atoms with Crippen molar-refractivity contribution in [1.82, 2.24) is 4.90 Å². The molecule has 1 aromatic rings. The van der Waals surface area contributed by atoms with E-state index in [-0.39, 0.29) is 17.1 Å². The van der Waals surface area contributed by atoms with Crippen molar-refractivity contribution in [3.63, 3.8) is 0 Å². The van der Waals surface area contributed by atoms with Gasteiger partial charge in [-0.25, -0.2) is 0 Å². The van der Waals surface area contributed by atoms with E-state index in [1.54, 1.807) is 23.9 Å². The molecule has 1 aromatic carbocycles. The Hall–Kier alpha value is -0.710. The van der Waals surface area contributed by atoms with Crippen LogP contribution in [-0.2, 0) is 4.79 Å². The van der Waals surface area contributed by atoms with Gasteiger partial charge in [0.25, 0.3) is 0 Å². The highest BCUT2D eigenvalue weighted by Crippen LogP contribution is 2.31. The first-order valence-electron chi connectivity index (χ1n) is 7.28. The molecule has 0 aromatic heterocycles. The fraction of sp³-hybridized carbons (Fsp3) is 0.562. The van der Waals surface area contributed by atoms with E-state index < -0.39 is 6.10 Å². The number of halogens is 1. The Labute approximate surface area is 135 Å². The molecule has 116 valence electrons. The Kier molecular flexibility index (Phi) is 5.97. The zero-order chi connectivity index (χ0) is 15.4. The second-order valence-electron chi connectivity index (χ2n) is 5.54. The summed E-state index contributed by atoms with van der Waals surface area (Å²) >= 11 is 7.45. The Morgan fingerprint density at radius 2 is 1.90 bits per heavy atom. The van der Waals surface area contributed by atoms with Crippen LogP contribution in [0.5, 0.6) is 0 Å². The Bertz CT molecular complexity index is 472. The maximum atomic E-state index is 12.1. The average molecular weight is 328 g/mol. The van der Waals surface area contributed by atoms with Crippen LogP contribution in [0, 0.1) is 5.92 Å². The molecule has 2 rings (SSSR count). The van der Waals surface area contributed by atoms with Gasteiger partial charge in [-0.3, -0.25) is 4.79 Å². The summed E-state index contributed by atoms with van der Waals surface area (Å²) in [6, 6.07) is 7.36. The normalized spacial score (nSPS) is 19.3. The quantitative estimate of drug-likeness (QED) is 0.921. The fourth-order valence-electron chi connectivity index (χ4n) is 2.73. The van der Waals surface area contributed by atoms with Gasteiger partial charge in [0, 0.05) is 18.1 Å². The summed E-state index contributed by atoms with van der Waals surface area (Å²) in [5.41, 5.74) is 0.904. The Morgan fingerprint density at radius 3 is 2.43 bits per heavy atom. The van der Waals surface area contributed by atoms with E-state index in [0.717, 1.165) is 31.5 Å². The number of benzene rings is 1. The van der Waals surface area contributed by atoms with Gasteiger partial charge in [-0.05, 0) is 49.6 Å². The average Bonchev–Trinajstić information content (AvgIpc) is 2.53. The number of amides is 1. The van der Waals surface area contributed by atoms with E-state index >= 15 is 0 Å². The lowest BCUT2D eigenvalue weighted by molar-refractivity contribution is -0.132. The van der Waals surface area contributed by atoms with Gasteiger partial charge in [-0.2, -0.15) is 11.8 Å². The highest BCUT2D eigenvalue weighted by Gasteiger charge is 2.29. The van der Waals surface area contributed by atoms with Crippen LogP contribution in [0.1, 0.15) is 31.4 Å². The zero-order valence-electron chi connectivity index (χ0n) is 12.5. The summed E-state index contributed by atoms with van der Waals surface area (Å²) in [5, 5.41) is 11.2. The highest BCUT2D eigenvalue weighted by molar-refractivity contribution is 7.99. The van der Waals surface area contributed by atoms with Gasteiger partial charge in [-0.1, -0.05) is 23.7 Å². The molecular weight excluding hydrogens is 306 g/mol. The van der Waals surface area contributed by atoms with Gasteiger partial charge in [0.05, 0.1) is 11.4 Å². The van der Waals surface area contributed by atoms with Crippen molar-refractivity contribution in [2.75, 3.05) is 19.3 Å². The summed E-state index contributed by atoms with van der Waals surface area (Å²) < 4.78 is 0. The molecule has 2 unspecified atom stereocenters. The van der Waals surface area contributed by atoms with Crippen molar-refractivity contribution in [3.05, 3.63) is 34.9 Å². The predicted molar refractivity (Wildman–Crippen MR) is 88.7 cm³/mol. The molecule has 5 heteroatoms. The molecule has 1 amide bonds. The van der Waals surface area contributed by atoms with Crippen molar-refractivity contribution in [2.24, 2.45) is 5.92 Å². The van der Waals surface area contributed by atoms with Crippen molar-refractivity contribution in [3.8, 4) is 0 Å². The molecular formula is C16H22ClNO2S. The SMILES string of the molecule is CSC(C)C(=O)N1CCC(C(O)c2ccc(Cl)cc2)CC1. The van der Waals surface area contributed by atoms with E-state index in [1.807, 2.05) is 30.2 Å². The number of carbonyl (C=O) groups excluding carboxylic acids is 1. The third-order valence-electron chi connectivity index (χ3n) is 4.21. The van der Waals surface area contributed by atoms with Gasteiger partial charge in [-0.15, -0.1) is 0 Å². The summed E-state index contributed by atoms with van der Waals surface area (Å²) in [6.07, 6.45) is 3.17. The van der Waals surface area contributed by atoms with E-state index in [9.17, 15) is 9.90 Å². The standard InChI is InChI=1S/C16H22ClNO2S/c1-11(21-2)16(20)18-9-7-13(8-10-18)15(19)12-3-5-14(17)6-4-12/h3-6,11,13,15,19H,7-10H2,1-2H3. The summed E-state index contributed by atoms with van der Waals surface area (Å²) in [5.74, 6) is 0.418. The van der Waals surface area contributed by atoms with Crippen LogP contribution in [0.4, 0.5) is 0 Å². The lowest BCUT2D eigenvalue weighted by atomic mass is 9.87. The molecule has 1 aliphatic rings. The lowest BCUT2D eigenvalue weighted by Crippen LogP contribution is -2.43. The highest BCUT2D eigenvalue weighted by atomic mass is 35.5. The molecule has 2 atom stereocenters. The van der Waals surface area contributed by atoms with Crippen LogP contribution in [-0.4, -0.2) is 40.5 Å². The maximum absolute atomic E-state index is 12.1. The summed E-state index contributed by atoms with van der Waals surface area (Å²) in [7, 11) is 0. The minimum Gasteiger partial charge on any atom is -0.388 e. The topological polar surface area (TPSA) is 40.5 Å². The number of carbonyl (C=O) groups is 1. The van der Waals surface area contributed by atoms with E-state index in [4.69, 9.17) is 11.6 Å². The van der Waals surface area contributed by atoms with Crippen molar-refractivity contribution in [2.45, 2.75) is 31.1 Å². The number of nitrogens with zero attached hydrogens (tertiary/aromatic N) is 1. The van der Waals surface area contributed by atoms with Gasteiger partial charge >= 0.3 is 0 Å². The maximum Gasteiger partial charge on any atom is 0.235 e. The van der Waals surface area contributed by atoms with Crippen LogP contribution in [0.2, 0.25) is 5.02 Å². The van der Waals surface area contributed by atoms with Gasteiger partial charge < -0.3 is 10.0 Å². The molecule has 0 bridgehead atoms. The molecule has 0 aliphatic carbocycles. The molecule has 1 N–H and O–H groups in total. The van der Waals surface area contributed by atoms with Crippen molar-refractivity contribution >= 4 is 29.3 Å². The third kappa shape index (κ3) is 4.15. The summed E-state index contributed by atoms with van der Waals surface area (Å²) in [6.45, 7) is 3.42. The Balaban J connectivity index is 1.91. The number of thioether (sulfide) groups is 1. The molecule has 1 saturated heterocycles. The van der Waals surface area contributed by atoms with Gasteiger partial charge in [0.15, 0.2) is 0 Å². The molecule has 1 aliphatic heterocycles. The number of aliphatic hydroxyl groups is 1. The number of aliphatic hydroxyl groups excluding tert-OH is 1. The van der Waals surface area contributed by atoms with Crippen LogP contribution in [0.25, 0.3) is 0 Å². The minimum atomic E-state index is -0.475. The number of likely N-dealkylation sites (tertiary alicyclic amines) is 1. The van der Waals surface area contributed by atoms with Crippen LogP contribution in [0.3, 0.4) is 0 Å². The van der Waals surface area contributed by atoms with E-state index in [0.29, 0.717) is 5.02 Å². The number of piperidine rings is 1. The van der Waals surface area contributed by atoms with Gasteiger partial charge in [0.1, 0.15) is 0 Å². The van der Waals surface area contributed by atoms with Gasteiger partial charge in [0.2, 0.25) is 5.91 Å². The number of hydrogen-bond acceptors (Lipinski definition) is 3. The molecule has 0 spiro atoms. The molecule has 0 saturated carbocycles. The second kappa shape index (κ2) is 7.52. The van der Waals surface area contributed by atoms with Crippen LogP contribution >= 0.6 is 23.4 Å². The summed E-state index contributed by atoms with van der Waals surface area (Å²) in [4.78, 5) is 14.1. The lowest BCUT2D eigenvalue weighted by Gasteiger charge is -2.35. The monoisotopic (exact) mass is 327 g/mol. The first-order valence-corrected chi connectivity index (χ1v) is 8.94. The number of hydrogen-bond donors (Lipinski definition) is 1. The Morgan fingerprint density at radius 1 is 1.33 bits per heavy atom. The molecule has 0 radical (unpaired) electrons. The minimum absolute atomic E-state index is 0.0164. The van der Waals surface area contributed by atoms with Crippen molar-refractivity contribution < 1.29 is 9.90 Å². The van der Waals surface area contributed by atoms with E-state index in [2.05, 4.69) is 0 Å². The first kappa shape index (κ1) is 16.7. The largest absolute Gasteiger partial charge is 0.388 e. The smallest absolute Gasteiger partial charge is 0.235 e. The third-order valence-corrected chi connectivity index (χ3v) is 5.37. The fourth-order valence-corrected chi connectivity index (χ4v) is 3.20. The molecule has 3 nitrogen and oxygen atoms in total.